The van der Waals surface area contributed by atoms with Gasteiger partial charge in [-0.05, 0) is 19.9 Å². The summed E-state index contributed by atoms with van der Waals surface area (Å²) in [5.74, 6) is -0.413. The van der Waals surface area contributed by atoms with Crippen LogP contribution in [0.4, 0.5) is 0 Å². The van der Waals surface area contributed by atoms with E-state index in [2.05, 4.69) is 10.3 Å². The van der Waals surface area contributed by atoms with Crippen LogP contribution in [0.25, 0.3) is 0 Å². The summed E-state index contributed by atoms with van der Waals surface area (Å²) in [6, 6.07) is 1.33. The van der Waals surface area contributed by atoms with E-state index in [1.165, 1.54) is 12.3 Å². The fourth-order valence-corrected chi connectivity index (χ4v) is 1.13. The van der Waals surface area contributed by atoms with E-state index in [1.807, 2.05) is 13.8 Å². The molecule has 0 spiro atoms. The molecule has 2 N–H and O–H groups in total. The number of hydrogen-bond acceptors (Lipinski definition) is 2. The van der Waals surface area contributed by atoms with E-state index in [9.17, 15) is 9.59 Å². The molecule has 5 heteroatoms. The first-order valence-corrected chi connectivity index (χ1v) is 4.57. The van der Waals surface area contributed by atoms with Gasteiger partial charge in [-0.1, -0.05) is 11.6 Å². The van der Waals surface area contributed by atoms with Crippen LogP contribution in [0, 0.1) is 0 Å². The van der Waals surface area contributed by atoms with Crippen LogP contribution in [-0.4, -0.2) is 16.9 Å². The molecule has 14 heavy (non-hydrogen) atoms. The van der Waals surface area contributed by atoms with Gasteiger partial charge in [0.05, 0.1) is 5.02 Å². The summed E-state index contributed by atoms with van der Waals surface area (Å²) in [6.07, 6.45) is 1.34. The van der Waals surface area contributed by atoms with Crippen LogP contribution >= 0.6 is 11.6 Å². The van der Waals surface area contributed by atoms with Gasteiger partial charge in [0, 0.05) is 12.2 Å². The molecule has 0 bridgehead atoms. The number of halogens is 1. The van der Waals surface area contributed by atoms with Crippen molar-refractivity contribution < 1.29 is 4.79 Å². The van der Waals surface area contributed by atoms with Crippen molar-refractivity contribution in [2.45, 2.75) is 19.9 Å². The van der Waals surface area contributed by atoms with Gasteiger partial charge in [0.15, 0.2) is 0 Å². The number of rotatable bonds is 2. The quantitative estimate of drug-likeness (QED) is 0.776. The summed E-state index contributed by atoms with van der Waals surface area (Å²) in [6.45, 7) is 3.63. The average Bonchev–Trinajstić information content (AvgIpc) is 2.08. The van der Waals surface area contributed by atoms with Crippen molar-refractivity contribution in [2.24, 2.45) is 0 Å². The summed E-state index contributed by atoms with van der Waals surface area (Å²) in [4.78, 5) is 25.0. The molecule has 1 aromatic heterocycles. The Kier molecular flexibility index (Phi) is 3.30. The molecule has 0 aliphatic heterocycles. The Labute approximate surface area is 86.3 Å². The second kappa shape index (κ2) is 4.28. The Morgan fingerprint density at radius 1 is 1.57 bits per heavy atom. The number of amides is 1. The number of pyridine rings is 1. The first-order valence-electron chi connectivity index (χ1n) is 4.20. The minimum Gasteiger partial charge on any atom is -0.350 e. The van der Waals surface area contributed by atoms with E-state index in [1.54, 1.807) is 0 Å². The van der Waals surface area contributed by atoms with Gasteiger partial charge < -0.3 is 10.3 Å². The molecule has 0 unspecified atom stereocenters. The van der Waals surface area contributed by atoms with Crippen LogP contribution in [0.1, 0.15) is 24.2 Å². The minimum atomic E-state index is -0.437. The highest BCUT2D eigenvalue weighted by Gasteiger charge is 2.11. The first kappa shape index (κ1) is 10.8. The number of hydrogen-bond donors (Lipinski definition) is 2. The molecule has 0 aromatic carbocycles. The predicted molar refractivity (Wildman–Crippen MR) is 54.7 cm³/mol. The lowest BCUT2D eigenvalue weighted by Gasteiger charge is -2.07. The second-order valence-electron chi connectivity index (χ2n) is 3.19. The van der Waals surface area contributed by atoms with Gasteiger partial charge in [-0.15, -0.1) is 0 Å². The van der Waals surface area contributed by atoms with E-state index >= 15 is 0 Å². The normalized spacial score (nSPS) is 10.3. The van der Waals surface area contributed by atoms with Crippen molar-refractivity contribution in [3.05, 3.63) is 33.2 Å². The van der Waals surface area contributed by atoms with E-state index in [0.29, 0.717) is 5.02 Å². The molecule has 0 aliphatic rings. The fraction of sp³-hybridized carbons (Fsp3) is 0.333. The number of carbonyl (C=O) groups excluding carboxylic acids is 1. The average molecular weight is 215 g/mol. The Morgan fingerprint density at radius 2 is 2.21 bits per heavy atom. The van der Waals surface area contributed by atoms with E-state index in [0.717, 1.165) is 0 Å². The number of aromatic amines is 1. The molecule has 0 aliphatic carbocycles. The van der Waals surface area contributed by atoms with Gasteiger partial charge in [0.25, 0.3) is 11.5 Å². The molecular formula is C9H11ClN2O2. The lowest BCUT2D eigenvalue weighted by Crippen LogP contribution is -2.34. The molecule has 0 radical (unpaired) electrons. The lowest BCUT2D eigenvalue weighted by atomic mass is 10.2. The fourth-order valence-electron chi connectivity index (χ4n) is 0.966. The van der Waals surface area contributed by atoms with Gasteiger partial charge in [-0.2, -0.15) is 0 Å². The van der Waals surface area contributed by atoms with Crippen molar-refractivity contribution in [1.29, 1.82) is 0 Å². The van der Waals surface area contributed by atoms with Crippen LogP contribution in [-0.2, 0) is 0 Å². The molecule has 0 fully saturated rings. The summed E-state index contributed by atoms with van der Waals surface area (Å²) in [5.41, 5.74) is -0.404. The number of aromatic nitrogens is 1. The maximum absolute atomic E-state index is 11.4. The smallest absolute Gasteiger partial charge is 0.260 e. The highest BCUT2D eigenvalue weighted by Crippen LogP contribution is 2.05. The van der Waals surface area contributed by atoms with Crippen molar-refractivity contribution >= 4 is 17.5 Å². The zero-order valence-electron chi connectivity index (χ0n) is 7.93. The van der Waals surface area contributed by atoms with Crippen LogP contribution in [0.2, 0.25) is 5.02 Å². The molecule has 0 saturated carbocycles. The maximum atomic E-state index is 11.4. The molecule has 1 rings (SSSR count). The zero-order valence-corrected chi connectivity index (χ0v) is 8.68. The third-order valence-electron chi connectivity index (χ3n) is 1.53. The highest BCUT2D eigenvalue weighted by molar-refractivity contribution is 6.30. The predicted octanol–water partition coefficient (Wildman–Crippen LogP) is 1.17. The molecule has 0 saturated heterocycles. The van der Waals surface area contributed by atoms with Crippen LogP contribution < -0.4 is 10.9 Å². The minimum absolute atomic E-state index is 0.0131. The van der Waals surface area contributed by atoms with Crippen molar-refractivity contribution in [1.82, 2.24) is 10.3 Å². The summed E-state index contributed by atoms with van der Waals surface area (Å²) in [7, 11) is 0. The summed E-state index contributed by atoms with van der Waals surface area (Å²) >= 11 is 5.65. The highest BCUT2D eigenvalue weighted by atomic mass is 35.5. The first-order chi connectivity index (χ1) is 6.50. The topological polar surface area (TPSA) is 62.0 Å². The molecule has 1 aromatic rings. The molecule has 76 valence electrons. The molecule has 4 nitrogen and oxygen atoms in total. The third-order valence-corrected chi connectivity index (χ3v) is 1.75. The van der Waals surface area contributed by atoms with Crippen LogP contribution in [0.3, 0.4) is 0 Å². The third kappa shape index (κ3) is 2.60. The van der Waals surface area contributed by atoms with Gasteiger partial charge in [0.1, 0.15) is 5.56 Å². The van der Waals surface area contributed by atoms with Gasteiger partial charge in [0.2, 0.25) is 0 Å². The van der Waals surface area contributed by atoms with Crippen molar-refractivity contribution in [3.63, 3.8) is 0 Å². The standard InChI is InChI=1S/C9H11ClN2O2/c1-5(2)12-9(14)7-3-6(10)4-11-8(7)13/h3-5H,1-2H3,(H,11,13)(H,12,14). The van der Waals surface area contributed by atoms with Crippen LogP contribution in [0.15, 0.2) is 17.1 Å². The number of carbonyl (C=O) groups is 1. The molecule has 0 atom stereocenters. The Hall–Kier alpha value is -1.29. The maximum Gasteiger partial charge on any atom is 0.260 e. The Balaban J connectivity index is 3.00. The van der Waals surface area contributed by atoms with E-state index < -0.39 is 11.5 Å². The molecule has 1 amide bonds. The SMILES string of the molecule is CC(C)NC(=O)c1cc(Cl)c[nH]c1=O. The van der Waals surface area contributed by atoms with Gasteiger partial charge in [-0.25, -0.2) is 0 Å². The van der Waals surface area contributed by atoms with Crippen molar-refractivity contribution in [2.75, 3.05) is 0 Å². The van der Waals surface area contributed by atoms with Gasteiger partial charge in [-0.3, -0.25) is 9.59 Å². The molecule has 1 heterocycles. The number of H-pyrrole nitrogens is 1. The lowest BCUT2D eigenvalue weighted by molar-refractivity contribution is 0.0941. The summed E-state index contributed by atoms with van der Waals surface area (Å²) < 4.78 is 0. The van der Waals surface area contributed by atoms with Gasteiger partial charge >= 0.3 is 0 Å². The zero-order chi connectivity index (χ0) is 10.7. The Bertz CT molecular complexity index is 398. The van der Waals surface area contributed by atoms with Crippen LogP contribution in [0.5, 0.6) is 0 Å². The number of nitrogens with one attached hydrogen (secondary N) is 2. The monoisotopic (exact) mass is 214 g/mol. The largest absolute Gasteiger partial charge is 0.350 e. The second-order valence-corrected chi connectivity index (χ2v) is 3.63. The Morgan fingerprint density at radius 3 is 2.79 bits per heavy atom. The van der Waals surface area contributed by atoms with Crippen molar-refractivity contribution in [3.8, 4) is 0 Å². The molecular weight excluding hydrogens is 204 g/mol. The van der Waals surface area contributed by atoms with E-state index in [4.69, 9.17) is 11.6 Å². The summed E-state index contributed by atoms with van der Waals surface area (Å²) in [5, 5.41) is 2.94. The van der Waals surface area contributed by atoms with E-state index in [-0.39, 0.29) is 11.6 Å².